The van der Waals surface area contributed by atoms with Crippen LogP contribution in [0.25, 0.3) is 10.1 Å². The van der Waals surface area contributed by atoms with E-state index in [0.717, 1.165) is 16.6 Å². The van der Waals surface area contributed by atoms with Gasteiger partial charge >= 0.3 is 0 Å². The summed E-state index contributed by atoms with van der Waals surface area (Å²) >= 11 is 3.55. The molecule has 0 saturated carbocycles. The van der Waals surface area contributed by atoms with E-state index in [1.165, 1.54) is 20.7 Å². The van der Waals surface area contributed by atoms with Crippen LogP contribution < -0.4 is 5.32 Å². The Kier molecular flexibility index (Phi) is 3.87. The third kappa shape index (κ3) is 2.64. The van der Waals surface area contributed by atoms with E-state index in [4.69, 9.17) is 0 Å². The highest BCUT2D eigenvalue weighted by Gasteiger charge is 2.17. The van der Waals surface area contributed by atoms with E-state index in [1.807, 2.05) is 17.4 Å². The summed E-state index contributed by atoms with van der Waals surface area (Å²) in [6, 6.07) is 11.6. The zero-order valence-electron chi connectivity index (χ0n) is 11.4. The molecule has 1 atom stereocenters. The van der Waals surface area contributed by atoms with Crippen molar-refractivity contribution in [2.24, 2.45) is 0 Å². The van der Waals surface area contributed by atoms with Crippen LogP contribution in [0.15, 0.2) is 36.4 Å². The topological polar surface area (TPSA) is 12.0 Å². The molecule has 1 aromatic carbocycles. The van der Waals surface area contributed by atoms with Gasteiger partial charge in [0.05, 0.1) is 6.04 Å². The van der Waals surface area contributed by atoms with Gasteiger partial charge in [0.15, 0.2) is 0 Å². The quantitative estimate of drug-likeness (QED) is 0.706. The van der Waals surface area contributed by atoms with Crippen LogP contribution in [0.2, 0.25) is 0 Å². The van der Waals surface area contributed by atoms with Crippen molar-refractivity contribution in [2.45, 2.75) is 19.9 Å². The summed E-state index contributed by atoms with van der Waals surface area (Å²) in [6.45, 7) is 5.14. The van der Waals surface area contributed by atoms with E-state index in [-0.39, 0.29) is 11.9 Å². The van der Waals surface area contributed by atoms with Crippen molar-refractivity contribution in [1.82, 2.24) is 5.32 Å². The number of benzene rings is 1. The average Bonchev–Trinajstić information content (AvgIpc) is 3.01. The van der Waals surface area contributed by atoms with Gasteiger partial charge in [-0.05, 0) is 55.3 Å². The van der Waals surface area contributed by atoms with Crippen molar-refractivity contribution in [2.75, 3.05) is 6.54 Å². The second-order valence-corrected chi connectivity index (χ2v) is 7.20. The highest BCUT2D eigenvalue weighted by atomic mass is 32.1. The van der Waals surface area contributed by atoms with Crippen LogP contribution >= 0.6 is 22.7 Å². The molecule has 0 amide bonds. The molecule has 3 rings (SSSR count). The fourth-order valence-corrected chi connectivity index (χ4v) is 4.52. The third-order valence-electron chi connectivity index (χ3n) is 3.24. The Morgan fingerprint density at radius 1 is 1.10 bits per heavy atom. The molecule has 0 spiro atoms. The van der Waals surface area contributed by atoms with Crippen molar-refractivity contribution >= 4 is 32.8 Å². The Hall–Kier alpha value is -1.23. The number of fused-ring (bicyclic) bond motifs is 1. The number of rotatable bonds is 4. The van der Waals surface area contributed by atoms with Crippen molar-refractivity contribution in [3.8, 4) is 0 Å². The molecule has 20 heavy (non-hydrogen) atoms. The van der Waals surface area contributed by atoms with Gasteiger partial charge < -0.3 is 5.32 Å². The first kappa shape index (κ1) is 13.7. The zero-order chi connectivity index (χ0) is 14.1. The number of aryl methyl sites for hydroxylation is 1. The summed E-state index contributed by atoms with van der Waals surface area (Å²) in [4.78, 5) is 3.88. The third-order valence-corrected chi connectivity index (χ3v) is 5.48. The van der Waals surface area contributed by atoms with Crippen LogP contribution in [-0.2, 0) is 0 Å². The monoisotopic (exact) mass is 305 g/mol. The Balaban J connectivity index is 2.04. The number of halogens is 1. The van der Waals surface area contributed by atoms with E-state index < -0.39 is 0 Å². The van der Waals surface area contributed by atoms with Crippen LogP contribution in [0.1, 0.15) is 27.6 Å². The Labute approximate surface area is 126 Å². The van der Waals surface area contributed by atoms with E-state index >= 15 is 0 Å². The molecule has 0 aliphatic heterocycles. The fourth-order valence-electron chi connectivity index (χ4n) is 2.33. The van der Waals surface area contributed by atoms with Crippen LogP contribution in [0.3, 0.4) is 0 Å². The summed E-state index contributed by atoms with van der Waals surface area (Å²) in [7, 11) is 0. The van der Waals surface area contributed by atoms with Crippen LogP contribution in [0.4, 0.5) is 4.39 Å². The van der Waals surface area contributed by atoms with Crippen LogP contribution in [0.5, 0.6) is 0 Å². The first-order valence-corrected chi connectivity index (χ1v) is 8.29. The summed E-state index contributed by atoms with van der Waals surface area (Å²) in [5, 5.41) is 4.52. The molecule has 104 valence electrons. The number of hydrogen-bond donors (Lipinski definition) is 1. The smallest absolute Gasteiger partial charge is 0.123 e. The molecule has 4 heteroatoms. The molecule has 1 unspecified atom stereocenters. The first-order valence-electron chi connectivity index (χ1n) is 6.66. The van der Waals surface area contributed by atoms with Gasteiger partial charge in [0.25, 0.3) is 0 Å². The van der Waals surface area contributed by atoms with E-state index in [2.05, 4.69) is 37.4 Å². The van der Waals surface area contributed by atoms with Crippen molar-refractivity contribution in [3.63, 3.8) is 0 Å². The minimum absolute atomic E-state index is 0.172. The average molecular weight is 305 g/mol. The van der Waals surface area contributed by atoms with Crippen molar-refractivity contribution < 1.29 is 4.39 Å². The predicted octanol–water partition coefficient (Wildman–Crippen LogP) is 5.11. The van der Waals surface area contributed by atoms with Gasteiger partial charge in [-0.2, -0.15) is 0 Å². The van der Waals surface area contributed by atoms with Crippen LogP contribution in [-0.4, -0.2) is 6.54 Å². The SMILES string of the molecule is CCNC(c1ccc(C)s1)c1cc2cc(F)ccc2s1. The standard InChI is InChI=1S/C16H16FNS2/c1-3-18-16(14-6-4-10(2)19-14)15-9-11-8-12(17)5-7-13(11)20-15/h4-9,16,18H,3H2,1-2H3. The van der Waals surface area contributed by atoms with Gasteiger partial charge in [-0.1, -0.05) is 6.92 Å². The largest absolute Gasteiger partial charge is 0.305 e. The minimum atomic E-state index is -0.172. The molecule has 0 aliphatic rings. The molecule has 0 fully saturated rings. The molecule has 0 aliphatic carbocycles. The summed E-state index contributed by atoms with van der Waals surface area (Å²) < 4.78 is 14.4. The van der Waals surface area contributed by atoms with Crippen LogP contribution in [0, 0.1) is 12.7 Å². The van der Waals surface area contributed by atoms with Gasteiger partial charge in [0.2, 0.25) is 0 Å². The highest BCUT2D eigenvalue weighted by molar-refractivity contribution is 7.19. The molecule has 1 N–H and O–H groups in total. The maximum atomic E-state index is 13.3. The fraction of sp³-hybridized carbons (Fsp3) is 0.250. The maximum absolute atomic E-state index is 13.3. The van der Waals surface area contributed by atoms with E-state index in [0.29, 0.717) is 0 Å². The lowest BCUT2D eigenvalue weighted by Crippen LogP contribution is -2.19. The summed E-state index contributed by atoms with van der Waals surface area (Å²) in [5.74, 6) is -0.172. The normalized spacial score (nSPS) is 12.9. The van der Waals surface area contributed by atoms with Gasteiger partial charge in [-0.15, -0.1) is 22.7 Å². The van der Waals surface area contributed by atoms with Gasteiger partial charge in [-0.3, -0.25) is 0 Å². The zero-order valence-corrected chi connectivity index (χ0v) is 13.1. The summed E-state index contributed by atoms with van der Waals surface area (Å²) in [6.07, 6.45) is 0. The highest BCUT2D eigenvalue weighted by Crippen LogP contribution is 2.35. The molecule has 3 aromatic rings. The lowest BCUT2D eigenvalue weighted by Gasteiger charge is -2.14. The second-order valence-electron chi connectivity index (χ2n) is 4.77. The molecule has 0 saturated heterocycles. The number of nitrogens with one attached hydrogen (secondary N) is 1. The lowest BCUT2D eigenvalue weighted by molar-refractivity contribution is 0.629. The minimum Gasteiger partial charge on any atom is -0.305 e. The Morgan fingerprint density at radius 2 is 1.95 bits per heavy atom. The molecule has 0 radical (unpaired) electrons. The molecule has 2 aromatic heterocycles. The first-order chi connectivity index (χ1) is 9.67. The van der Waals surface area contributed by atoms with Crippen molar-refractivity contribution in [1.29, 1.82) is 0 Å². The summed E-state index contributed by atoms with van der Waals surface area (Å²) in [5.41, 5.74) is 0. The maximum Gasteiger partial charge on any atom is 0.123 e. The second kappa shape index (κ2) is 5.64. The van der Waals surface area contributed by atoms with Gasteiger partial charge in [-0.25, -0.2) is 4.39 Å². The molecular formula is C16H16FNS2. The van der Waals surface area contributed by atoms with Gasteiger partial charge in [0, 0.05) is 19.3 Å². The molecule has 0 bridgehead atoms. The van der Waals surface area contributed by atoms with E-state index in [9.17, 15) is 4.39 Å². The number of thiophene rings is 2. The predicted molar refractivity (Wildman–Crippen MR) is 86.4 cm³/mol. The molecule has 1 nitrogen and oxygen atoms in total. The van der Waals surface area contributed by atoms with Crippen molar-refractivity contribution in [3.05, 3.63) is 56.8 Å². The Morgan fingerprint density at radius 3 is 2.65 bits per heavy atom. The number of hydrogen-bond acceptors (Lipinski definition) is 3. The molecule has 2 heterocycles. The van der Waals surface area contributed by atoms with E-state index in [1.54, 1.807) is 17.4 Å². The Bertz CT molecular complexity index is 729. The van der Waals surface area contributed by atoms with Gasteiger partial charge in [0.1, 0.15) is 5.82 Å². The lowest BCUT2D eigenvalue weighted by atomic mass is 10.1. The molecular weight excluding hydrogens is 289 g/mol.